The van der Waals surface area contributed by atoms with Crippen LogP contribution in [0, 0.1) is 0 Å². The Morgan fingerprint density at radius 1 is 1.07 bits per heavy atom. The van der Waals surface area contributed by atoms with Crippen LogP contribution in [-0.2, 0) is 6.18 Å². The van der Waals surface area contributed by atoms with Crippen molar-refractivity contribution in [3.8, 4) is 21.9 Å². The van der Waals surface area contributed by atoms with Crippen molar-refractivity contribution >= 4 is 34.1 Å². The Labute approximate surface area is 256 Å². The summed E-state index contributed by atoms with van der Waals surface area (Å²) < 4.78 is 48.6. The molecule has 1 atom stereocenters. The van der Waals surface area contributed by atoms with Gasteiger partial charge in [0.25, 0.3) is 5.91 Å². The number of hydrogen-bond acceptors (Lipinski definition) is 7. The number of aromatic nitrogens is 3. The molecule has 1 fully saturated rings. The van der Waals surface area contributed by atoms with Gasteiger partial charge in [-0.05, 0) is 81.4 Å². The number of pyridine rings is 1. The molecule has 5 aromatic rings. The number of carbonyl (C=O) groups excluding carboxylic acids is 1. The first-order valence-corrected chi connectivity index (χ1v) is 15.0. The van der Waals surface area contributed by atoms with Gasteiger partial charge in [0.1, 0.15) is 33.9 Å². The highest BCUT2D eigenvalue weighted by Crippen LogP contribution is 2.39. The molecular weight excluding hydrogens is 589 g/mol. The molecule has 1 aliphatic rings. The number of likely N-dealkylation sites (tertiary alicyclic amines) is 1. The number of hydrogen-bond donors (Lipinski definition) is 2. The highest BCUT2D eigenvalue weighted by Gasteiger charge is 2.35. The number of benzene rings is 2. The van der Waals surface area contributed by atoms with Crippen LogP contribution < -0.4 is 15.8 Å². The zero-order valence-corrected chi connectivity index (χ0v) is 25.0. The van der Waals surface area contributed by atoms with E-state index in [0.717, 1.165) is 71.3 Å². The number of imidazole rings is 1. The molecule has 2 aromatic carbocycles. The van der Waals surface area contributed by atoms with E-state index in [0.29, 0.717) is 11.0 Å². The van der Waals surface area contributed by atoms with E-state index in [9.17, 15) is 18.0 Å². The minimum atomic E-state index is -4.55. The summed E-state index contributed by atoms with van der Waals surface area (Å²) in [6.45, 7) is 3.62. The number of carbonyl (C=O) groups is 1. The molecule has 0 spiro atoms. The fourth-order valence-electron chi connectivity index (χ4n) is 5.52. The van der Waals surface area contributed by atoms with Crippen molar-refractivity contribution in [2.45, 2.75) is 38.1 Å². The number of thiophene rings is 1. The van der Waals surface area contributed by atoms with Crippen molar-refractivity contribution in [3.05, 3.63) is 89.2 Å². The molecule has 12 heteroatoms. The lowest BCUT2D eigenvalue weighted by Crippen LogP contribution is -2.36. The molecule has 3 aromatic heterocycles. The SMILES string of the molecule is C[C@@H](Oc1cc(-n2cnc3cc(-c4ccnc(NC5CCN(C)CC5)c4)ccc32)sc1C(N)=O)c1ccccc1C(F)(F)F. The molecule has 0 radical (unpaired) electrons. The first-order valence-electron chi connectivity index (χ1n) is 14.2. The van der Waals surface area contributed by atoms with Crippen molar-refractivity contribution in [1.82, 2.24) is 19.4 Å². The molecule has 0 aliphatic carbocycles. The number of nitrogens with zero attached hydrogens (tertiary/aromatic N) is 4. The molecule has 3 N–H and O–H groups in total. The maximum absolute atomic E-state index is 13.6. The van der Waals surface area contributed by atoms with Gasteiger partial charge in [-0.3, -0.25) is 9.36 Å². The standard InChI is InChI=1S/C32H31F3N6O2S/c1-19(23-5-3-4-6-24(23)32(33,34)35)43-27-17-29(44-30(27)31(36)42)41-18-38-25-15-20(7-8-26(25)41)21-9-12-37-28(16-21)39-22-10-13-40(2)14-11-22/h3-9,12,15-19,22H,10-11,13-14H2,1-2H3,(H2,36,42)(H,37,39)/t19-/m1/s1. The highest BCUT2D eigenvalue weighted by molar-refractivity contribution is 7.16. The van der Waals surface area contributed by atoms with Crippen LogP contribution in [0.15, 0.2) is 73.2 Å². The summed E-state index contributed by atoms with van der Waals surface area (Å²) in [4.78, 5) is 23.9. The van der Waals surface area contributed by atoms with Crippen molar-refractivity contribution in [2.24, 2.45) is 5.73 Å². The number of rotatable bonds is 8. The molecule has 1 aliphatic heterocycles. The number of amides is 1. The van der Waals surface area contributed by atoms with Gasteiger partial charge in [-0.25, -0.2) is 9.97 Å². The maximum Gasteiger partial charge on any atom is 0.416 e. The fourth-order valence-corrected chi connectivity index (χ4v) is 6.45. The van der Waals surface area contributed by atoms with E-state index in [1.54, 1.807) is 23.2 Å². The zero-order chi connectivity index (χ0) is 31.0. The number of piperidine rings is 1. The van der Waals surface area contributed by atoms with Gasteiger partial charge >= 0.3 is 6.18 Å². The summed E-state index contributed by atoms with van der Waals surface area (Å²) in [5.41, 5.74) is 8.30. The second-order valence-corrected chi connectivity index (χ2v) is 12.0. The van der Waals surface area contributed by atoms with Gasteiger partial charge in [0.2, 0.25) is 0 Å². The Balaban J connectivity index is 1.26. The molecule has 1 amide bonds. The Morgan fingerprint density at radius 3 is 2.57 bits per heavy atom. The largest absolute Gasteiger partial charge is 0.484 e. The third kappa shape index (κ3) is 6.13. The van der Waals surface area contributed by atoms with E-state index in [4.69, 9.17) is 10.5 Å². The van der Waals surface area contributed by atoms with Crippen LogP contribution in [0.2, 0.25) is 0 Å². The summed E-state index contributed by atoms with van der Waals surface area (Å²) in [7, 11) is 2.14. The second-order valence-electron chi connectivity index (χ2n) is 11.0. The number of alkyl halides is 3. The van der Waals surface area contributed by atoms with Crippen molar-refractivity contribution in [1.29, 1.82) is 0 Å². The molecule has 4 heterocycles. The summed E-state index contributed by atoms with van der Waals surface area (Å²) in [5, 5.41) is 4.16. The average Bonchev–Trinajstić information content (AvgIpc) is 3.62. The van der Waals surface area contributed by atoms with Crippen LogP contribution in [0.25, 0.3) is 27.2 Å². The van der Waals surface area contributed by atoms with E-state index in [2.05, 4.69) is 27.2 Å². The van der Waals surface area contributed by atoms with E-state index >= 15 is 0 Å². The molecular formula is C32H31F3N6O2S. The molecule has 0 bridgehead atoms. The lowest BCUT2D eigenvalue weighted by molar-refractivity contribution is -0.139. The number of primary amides is 1. The van der Waals surface area contributed by atoms with Gasteiger partial charge < -0.3 is 20.7 Å². The maximum atomic E-state index is 13.6. The van der Waals surface area contributed by atoms with Gasteiger partial charge in [0.15, 0.2) is 0 Å². The van der Waals surface area contributed by atoms with Gasteiger partial charge in [0, 0.05) is 23.9 Å². The van der Waals surface area contributed by atoms with Gasteiger partial charge in [0.05, 0.1) is 16.6 Å². The third-order valence-corrected chi connectivity index (χ3v) is 9.00. The van der Waals surface area contributed by atoms with E-state index in [-0.39, 0.29) is 16.2 Å². The van der Waals surface area contributed by atoms with Crippen LogP contribution in [-0.4, -0.2) is 51.5 Å². The molecule has 0 unspecified atom stereocenters. The number of nitrogens with two attached hydrogens (primary N) is 1. The van der Waals surface area contributed by atoms with Crippen LogP contribution in [0.5, 0.6) is 5.75 Å². The monoisotopic (exact) mass is 620 g/mol. The summed E-state index contributed by atoms with van der Waals surface area (Å²) in [6.07, 6.45) is 0.0288. The van der Waals surface area contributed by atoms with Crippen LogP contribution in [0.4, 0.5) is 19.0 Å². The van der Waals surface area contributed by atoms with Gasteiger partial charge in [-0.1, -0.05) is 24.3 Å². The number of fused-ring (bicyclic) bond motifs is 1. The molecule has 228 valence electrons. The number of anilines is 1. The third-order valence-electron chi connectivity index (χ3n) is 7.87. The summed E-state index contributed by atoms with van der Waals surface area (Å²) >= 11 is 1.09. The van der Waals surface area contributed by atoms with Crippen LogP contribution >= 0.6 is 11.3 Å². The Bertz CT molecular complexity index is 1810. The van der Waals surface area contributed by atoms with E-state index in [1.165, 1.54) is 25.1 Å². The van der Waals surface area contributed by atoms with E-state index in [1.807, 2.05) is 30.3 Å². The normalized spacial score (nSPS) is 15.4. The quantitative estimate of drug-likeness (QED) is 0.196. The van der Waals surface area contributed by atoms with Crippen molar-refractivity contribution in [3.63, 3.8) is 0 Å². The lowest BCUT2D eigenvalue weighted by atomic mass is 10.0. The van der Waals surface area contributed by atoms with E-state index < -0.39 is 23.8 Å². The minimum Gasteiger partial charge on any atom is -0.484 e. The molecule has 0 saturated carbocycles. The Kier molecular flexibility index (Phi) is 8.04. The number of nitrogens with one attached hydrogen (secondary N) is 1. The molecule has 6 rings (SSSR count). The predicted octanol–water partition coefficient (Wildman–Crippen LogP) is 6.91. The predicted molar refractivity (Wildman–Crippen MR) is 165 cm³/mol. The first-order chi connectivity index (χ1) is 21.1. The summed E-state index contributed by atoms with van der Waals surface area (Å²) in [5.74, 6) is 0.211. The van der Waals surface area contributed by atoms with Crippen molar-refractivity contribution < 1.29 is 22.7 Å². The van der Waals surface area contributed by atoms with Gasteiger partial charge in [-0.15, -0.1) is 11.3 Å². The fraction of sp³-hybridized carbons (Fsp3) is 0.281. The minimum absolute atomic E-state index is 0.0374. The molecule has 44 heavy (non-hydrogen) atoms. The molecule has 1 saturated heterocycles. The first kappa shape index (κ1) is 29.6. The van der Waals surface area contributed by atoms with Crippen LogP contribution in [0.3, 0.4) is 0 Å². The second kappa shape index (κ2) is 11.9. The Hall–Kier alpha value is -4.42. The molecule has 8 nitrogen and oxygen atoms in total. The topological polar surface area (TPSA) is 98.3 Å². The lowest BCUT2D eigenvalue weighted by Gasteiger charge is -2.29. The average molecular weight is 621 g/mol. The van der Waals surface area contributed by atoms with Crippen LogP contribution in [0.1, 0.15) is 46.7 Å². The van der Waals surface area contributed by atoms with Crippen molar-refractivity contribution in [2.75, 3.05) is 25.5 Å². The zero-order valence-electron chi connectivity index (χ0n) is 24.1. The number of halogens is 3. The smallest absolute Gasteiger partial charge is 0.416 e. The van der Waals surface area contributed by atoms with Gasteiger partial charge in [-0.2, -0.15) is 13.2 Å². The summed E-state index contributed by atoms with van der Waals surface area (Å²) in [6, 6.07) is 17.1. The Morgan fingerprint density at radius 2 is 1.82 bits per heavy atom. The number of ether oxygens (including phenoxy) is 1. The highest BCUT2D eigenvalue weighted by atomic mass is 32.1.